The normalized spacial score (nSPS) is 18.5. The van der Waals surface area contributed by atoms with E-state index in [0.717, 1.165) is 10.0 Å². The van der Waals surface area contributed by atoms with Gasteiger partial charge in [0.15, 0.2) is 0 Å². The number of aliphatic hydroxyl groups is 1. The molecule has 6 nitrogen and oxygen atoms in total. The van der Waals surface area contributed by atoms with E-state index in [1.165, 1.54) is 6.33 Å². The molecular formula is C16H18BrN3O3. The average molecular weight is 380 g/mol. The zero-order valence-corrected chi connectivity index (χ0v) is 14.4. The maximum atomic E-state index is 10.9. The SMILES string of the molecule is CC1(C(O)=C(Cc2ccc(Br)cc2)n2cncn2)COCOC1. The second-order valence-electron chi connectivity index (χ2n) is 5.81. The standard InChI is InChI=1S/C16H18BrN3O3/c1-16(7-22-11-23-8-16)15(21)14(20-10-18-9-19-20)6-12-2-4-13(17)5-3-12/h2-5,9-10,21H,6-8,11H2,1H3. The van der Waals surface area contributed by atoms with Gasteiger partial charge in [-0.3, -0.25) is 0 Å². The molecule has 1 aromatic heterocycles. The van der Waals surface area contributed by atoms with E-state index in [9.17, 15) is 5.11 Å². The van der Waals surface area contributed by atoms with Gasteiger partial charge in [-0.15, -0.1) is 0 Å². The topological polar surface area (TPSA) is 69.4 Å². The Morgan fingerprint density at radius 3 is 2.61 bits per heavy atom. The number of rotatable bonds is 4. The van der Waals surface area contributed by atoms with Gasteiger partial charge in [-0.1, -0.05) is 28.1 Å². The van der Waals surface area contributed by atoms with Crippen molar-refractivity contribution in [3.63, 3.8) is 0 Å². The molecule has 2 aromatic rings. The van der Waals surface area contributed by atoms with E-state index in [0.29, 0.717) is 25.3 Å². The minimum absolute atomic E-state index is 0.214. The number of halogens is 1. The van der Waals surface area contributed by atoms with Crippen LogP contribution in [0.3, 0.4) is 0 Å². The third kappa shape index (κ3) is 3.63. The highest BCUT2D eigenvalue weighted by Gasteiger charge is 2.35. The molecule has 1 saturated heterocycles. The molecule has 122 valence electrons. The summed E-state index contributed by atoms with van der Waals surface area (Å²) in [4.78, 5) is 3.99. The van der Waals surface area contributed by atoms with Crippen molar-refractivity contribution in [1.29, 1.82) is 0 Å². The molecule has 0 radical (unpaired) electrons. The van der Waals surface area contributed by atoms with Crippen molar-refractivity contribution in [3.05, 3.63) is 52.7 Å². The molecule has 1 aliphatic rings. The summed E-state index contributed by atoms with van der Waals surface area (Å²) in [6, 6.07) is 7.95. The Kier molecular flexibility index (Phi) is 4.79. The van der Waals surface area contributed by atoms with Crippen molar-refractivity contribution in [2.45, 2.75) is 13.3 Å². The summed E-state index contributed by atoms with van der Waals surface area (Å²) in [5.41, 5.74) is 1.13. The first-order valence-corrected chi connectivity index (χ1v) is 8.05. The van der Waals surface area contributed by atoms with Crippen LogP contribution in [0.1, 0.15) is 12.5 Å². The van der Waals surface area contributed by atoms with Crippen molar-refractivity contribution < 1.29 is 14.6 Å². The Morgan fingerprint density at radius 2 is 2.00 bits per heavy atom. The van der Waals surface area contributed by atoms with Gasteiger partial charge in [0.2, 0.25) is 0 Å². The van der Waals surface area contributed by atoms with Gasteiger partial charge >= 0.3 is 0 Å². The molecular weight excluding hydrogens is 362 g/mol. The van der Waals surface area contributed by atoms with Gasteiger partial charge in [0.25, 0.3) is 0 Å². The molecule has 0 bridgehead atoms. The van der Waals surface area contributed by atoms with Crippen LogP contribution in [0, 0.1) is 5.41 Å². The second-order valence-corrected chi connectivity index (χ2v) is 6.73. The Hall–Kier alpha value is -1.70. The number of nitrogens with zero attached hydrogens (tertiary/aromatic N) is 3. The van der Waals surface area contributed by atoms with Crippen LogP contribution in [0.5, 0.6) is 0 Å². The Balaban J connectivity index is 1.98. The van der Waals surface area contributed by atoms with Crippen LogP contribution in [-0.4, -0.2) is 39.9 Å². The zero-order valence-electron chi connectivity index (χ0n) is 12.8. The number of benzene rings is 1. The molecule has 0 amide bonds. The highest BCUT2D eigenvalue weighted by Crippen LogP contribution is 2.33. The zero-order chi connectivity index (χ0) is 16.3. The van der Waals surface area contributed by atoms with Gasteiger partial charge in [0, 0.05) is 10.9 Å². The number of aromatic nitrogens is 3. The molecule has 1 aliphatic heterocycles. The van der Waals surface area contributed by atoms with E-state index < -0.39 is 5.41 Å². The number of hydrogen-bond acceptors (Lipinski definition) is 5. The van der Waals surface area contributed by atoms with E-state index in [2.05, 4.69) is 26.0 Å². The molecule has 0 aliphatic carbocycles. The van der Waals surface area contributed by atoms with Crippen LogP contribution in [-0.2, 0) is 15.9 Å². The monoisotopic (exact) mass is 379 g/mol. The van der Waals surface area contributed by atoms with E-state index in [1.54, 1.807) is 11.0 Å². The van der Waals surface area contributed by atoms with Crippen molar-refractivity contribution >= 4 is 21.6 Å². The first kappa shape index (κ1) is 16.2. The van der Waals surface area contributed by atoms with E-state index >= 15 is 0 Å². The maximum absolute atomic E-state index is 10.9. The van der Waals surface area contributed by atoms with Crippen molar-refractivity contribution in [2.24, 2.45) is 5.41 Å². The summed E-state index contributed by atoms with van der Waals surface area (Å²) in [5.74, 6) is 0.214. The summed E-state index contributed by atoms with van der Waals surface area (Å²) >= 11 is 3.43. The van der Waals surface area contributed by atoms with E-state index in [4.69, 9.17) is 9.47 Å². The summed E-state index contributed by atoms with van der Waals surface area (Å²) < 4.78 is 13.3. The molecule has 0 spiro atoms. The van der Waals surface area contributed by atoms with E-state index in [-0.39, 0.29) is 12.6 Å². The maximum Gasteiger partial charge on any atom is 0.146 e. The second kappa shape index (κ2) is 6.82. The molecule has 3 rings (SSSR count). The van der Waals surface area contributed by atoms with Crippen LogP contribution in [0.4, 0.5) is 0 Å². The predicted octanol–water partition coefficient (Wildman–Crippen LogP) is 3.02. The highest BCUT2D eigenvalue weighted by atomic mass is 79.9. The molecule has 2 heterocycles. The molecule has 0 atom stereocenters. The van der Waals surface area contributed by atoms with Crippen molar-refractivity contribution in [1.82, 2.24) is 14.8 Å². The third-order valence-electron chi connectivity index (χ3n) is 3.83. The number of aliphatic hydroxyl groups excluding tert-OH is 1. The first-order valence-electron chi connectivity index (χ1n) is 7.26. The smallest absolute Gasteiger partial charge is 0.146 e. The number of ether oxygens (including phenoxy) is 2. The quantitative estimate of drug-likeness (QED) is 0.826. The minimum atomic E-state index is -0.602. The van der Waals surface area contributed by atoms with Crippen LogP contribution in [0.25, 0.3) is 5.70 Å². The molecule has 7 heteroatoms. The number of hydrogen-bond donors (Lipinski definition) is 1. The first-order chi connectivity index (χ1) is 11.1. The lowest BCUT2D eigenvalue weighted by molar-refractivity contribution is -0.155. The lowest BCUT2D eigenvalue weighted by Crippen LogP contribution is -2.37. The summed E-state index contributed by atoms with van der Waals surface area (Å²) in [6.45, 7) is 2.98. The molecule has 0 saturated carbocycles. The number of allylic oxidation sites excluding steroid dienone is 1. The van der Waals surface area contributed by atoms with Crippen molar-refractivity contribution in [2.75, 3.05) is 20.0 Å². The molecule has 0 unspecified atom stereocenters. The van der Waals surface area contributed by atoms with Gasteiger partial charge in [-0.2, -0.15) is 5.10 Å². The Morgan fingerprint density at radius 1 is 1.30 bits per heavy atom. The van der Waals surface area contributed by atoms with Gasteiger partial charge in [0.05, 0.1) is 24.3 Å². The minimum Gasteiger partial charge on any atom is -0.510 e. The molecule has 23 heavy (non-hydrogen) atoms. The Bertz CT molecular complexity index is 677. The molecule has 1 fully saturated rings. The summed E-state index contributed by atoms with van der Waals surface area (Å²) in [7, 11) is 0. The highest BCUT2D eigenvalue weighted by molar-refractivity contribution is 9.10. The summed E-state index contributed by atoms with van der Waals surface area (Å²) in [6.07, 6.45) is 3.56. The van der Waals surface area contributed by atoms with Crippen LogP contribution in [0.2, 0.25) is 0 Å². The van der Waals surface area contributed by atoms with Crippen molar-refractivity contribution in [3.8, 4) is 0 Å². The van der Waals surface area contributed by atoms with Gasteiger partial charge in [0.1, 0.15) is 25.2 Å². The van der Waals surface area contributed by atoms with Gasteiger partial charge < -0.3 is 14.6 Å². The van der Waals surface area contributed by atoms with Crippen LogP contribution < -0.4 is 0 Å². The molecule has 1 N–H and O–H groups in total. The average Bonchev–Trinajstić information content (AvgIpc) is 3.08. The fourth-order valence-corrected chi connectivity index (χ4v) is 2.80. The lowest BCUT2D eigenvalue weighted by atomic mass is 9.87. The van der Waals surface area contributed by atoms with Crippen LogP contribution >= 0.6 is 15.9 Å². The molecule has 1 aromatic carbocycles. The summed E-state index contributed by atoms with van der Waals surface area (Å²) in [5, 5.41) is 15.1. The predicted molar refractivity (Wildman–Crippen MR) is 88.6 cm³/mol. The largest absolute Gasteiger partial charge is 0.510 e. The lowest BCUT2D eigenvalue weighted by Gasteiger charge is -2.33. The Labute approximate surface area is 142 Å². The fourth-order valence-electron chi connectivity index (χ4n) is 2.54. The van der Waals surface area contributed by atoms with Gasteiger partial charge in [-0.25, -0.2) is 9.67 Å². The fraction of sp³-hybridized carbons (Fsp3) is 0.375. The van der Waals surface area contributed by atoms with E-state index in [1.807, 2.05) is 31.2 Å². The third-order valence-corrected chi connectivity index (χ3v) is 4.36. The van der Waals surface area contributed by atoms with Crippen LogP contribution in [0.15, 0.2) is 47.2 Å². The van der Waals surface area contributed by atoms with Gasteiger partial charge in [-0.05, 0) is 24.6 Å².